The molecule has 0 radical (unpaired) electrons. The summed E-state index contributed by atoms with van der Waals surface area (Å²) in [6.07, 6.45) is -0.0335. The summed E-state index contributed by atoms with van der Waals surface area (Å²) in [5.41, 5.74) is 0. The monoisotopic (exact) mass is 301 g/mol. The fraction of sp³-hybridized carbons (Fsp3) is 0.556. The summed E-state index contributed by atoms with van der Waals surface area (Å²) in [6.45, 7) is 0.767. The summed E-state index contributed by atoms with van der Waals surface area (Å²) in [4.78, 5) is 0. The van der Waals surface area contributed by atoms with Crippen LogP contribution in [0.1, 0.15) is 6.42 Å². The van der Waals surface area contributed by atoms with Gasteiger partial charge in [-0.05, 0) is 13.0 Å². The Kier molecular flexibility index (Phi) is 6.39. The maximum atomic E-state index is 10.4. The van der Waals surface area contributed by atoms with Crippen LogP contribution in [0.25, 0.3) is 0 Å². The van der Waals surface area contributed by atoms with E-state index in [9.17, 15) is 13.0 Å². The Morgan fingerprint density at radius 1 is 1.44 bits per heavy atom. The summed E-state index contributed by atoms with van der Waals surface area (Å²) in [7, 11) is -4.13. The predicted molar refractivity (Wildman–Crippen MR) is 61.4 cm³/mol. The van der Waals surface area contributed by atoms with Gasteiger partial charge in [0.1, 0.15) is 6.61 Å². The molecule has 1 N–H and O–H groups in total. The zero-order valence-electron chi connectivity index (χ0n) is 9.92. The van der Waals surface area contributed by atoms with Crippen molar-refractivity contribution in [3.63, 3.8) is 0 Å². The van der Waals surface area contributed by atoms with E-state index >= 15 is 0 Å². The average molecular weight is 301 g/mol. The van der Waals surface area contributed by atoms with E-state index in [2.05, 4.69) is 5.32 Å². The molecule has 0 saturated carbocycles. The molecule has 2 rings (SSSR count). The van der Waals surface area contributed by atoms with Crippen molar-refractivity contribution in [1.29, 1.82) is 0 Å². The molecule has 0 bridgehead atoms. The van der Waals surface area contributed by atoms with Crippen LogP contribution < -0.4 is 44.3 Å². The molecule has 6 nitrogen and oxygen atoms in total. The van der Waals surface area contributed by atoms with Gasteiger partial charge in [0.15, 0.2) is 17.7 Å². The second-order valence-corrected chi connectivity index (χ2v) is 5.85. The van der Waals surface area contributed by atoms with E-state index in [0.717, 1.165) is 5.75 Å². The molecule has 1 atom stereocenters. The average Bonchev–Trinajstić information content (AvgIpc) is 2.70. The molecule has 1 aromatic rings. The minimum absolute atomic E-state index is 0. The number of thiophene rings is 1. The van der Waals surface area contributed by atoms with Crippen LogP contribution in [0.4, 0.5) is 0 Å². The van der Waals surface area contributed by atoms with Gasteiger partial charge in [-0.15, -0.1) is 11.3 Å². The van der Waals surface area contributed by atoms with Crippen molar-refractivity contribution in [1.82, 2.24) is 5.32 Å². The molecule has 9 heteroatoms. The fourth-order valence-electron chi connectivity index (χ4n) is 1.43. The Balaban J connectivity index is 0.00000162. The third-order valence-corrected chi connectivity index (χ3v) is 3.68. The van der Waals surface area contributed by atoms with Gasteiger partial charge in [-0.1, -0.05) is 0 Å². The second-order valence-electron chi connectivity index (χ2n) is 3.59. The molecule has 1 aromatic heterocycles. The molecule has 1 unspecified atom stereocenters. The van der Waals surface area contributed by atoms with Gasteiger partial charge in [-0.2, -0.15) is 0 Å². The summed E-state index contributed by atoms with van der Waals surface area (Å²) in [6, 6.07) is 0. The number of fused-ring (bicyclic) bond motifs is 1. The van der Waals surface area contributed by atoms with E-state index in [4.69, 9.17) is 9.47 Å². The molecule has 0 aromatic carbocycles. The van der Waals surface area contributed by atoms with Gasteiger partial charge in [-0.25, -0.2) is 8.42 Å². The first-order chi connectivity index (χ1) is 8.04. The topological polar surface area (TPSA) is 87.7 Å². The minimum Gasteiger partial charge on any atom is -0.748 e. The largest absolute Gasteiger partial charge is 1.00 e. The summed E-state index contributed by atoms with van der Waals surface area (Å²) in [5, 5.41) is 6.67. The van der Waals surface area contributed by atoms with E-state index in [1.54, 1.807) is 0 Å². The first-order valence-electron chi connectivity index (χ1n) is 5.07. The molecule has 0 saturated heterocycles. The molecule has 0 aliphatic carbocycles. The van der Waals surface area contributed by atoms with E-state index in [1.807, 2.05) is 10.8 Å². The van der Waals surface area contributed by atoms with E-state index in [0.29, 0.717) is 18.9 Å². The van der Waals surface area contributed by atoms with Gasteiger partial charge < -0.3 is 14.0 Å². The quantitative estimate of drug-likeness (QED) is 0.364. The van der Waals surface area contributed by atoms with Gasteiger partial charge in [0.25, 0.3) is 0 Å². The second kappa shape index (κ2) is 7.09. The van der Waals surface area contributed by atoms with Crippen LogP contribution in [0.2, 0.25) is 0 Å². The Morgan fingerprint density at radius 3 is 2.89 bits per heavy atom. The van der Waals surface area contributed by atoms with Crippen LogP contribution >= 0.6 is 11.3 Å². The number of hydrogen-bond acceptors (Lipinski definition) is 7. The van der Waals surface area contributed by atoms with Crippen molar-refractivity contribution >= 4 is 21.5 Å². The smallest absolute Gasteiger partial charge is 0.748 e. The Labute approximate surface area is 132 Å². The Bertz CT molecular complexity index is 475. The molecule has 1 aliphatic rings. The van der Waals surface area contributed by atoms with E-state index in [1.165, 1.54) is 11.3 Å². The first-order valence-corrected chi connectivity index (χ1v) is 7.59. The van der Waals surface area contributed by atoms with E-state index in [-0.39, 0.29) is 48.0 Å². The summed E-state index contributed by atoms with van der Waals surface area (Å²) >= 11 is 1.49. The molecule has 2 heterocycles. The maximum Gasteiger partial charge on any atom is 1.00 e. The Morgan fingerprint density at radius 2 is 2.17 bits per heavy atom. The Hall–Kier alpha value is 0.170. The van der Waals surface area contributed by atoms with Crippen molar-refractivity contribution in [2.45, 2.75) is 12.6 Å². The SMILES string of the molecule is O=S(=O)([O-])CCCNC1COc2cscc2O1.[Na+]. The number of hydrogen-bond donors (Lipinski definition) is 1. The standard InChI is InChI=1S/C9H13NO5S2.Na/c11-17(12,13)3-1-2-10-9-4-14-7-5-16-6-8(7)15-9;/h5-6,9-10H,1-4H2,(H,11,12,13);/q;+1/p-1. The summed E-state index contributed by atoms with van der Waals surface area (Å²) in [5.74, 6) is 1.06. The maximum absolute atomic E-state index is 10.4. The van der Waals surface area contributed by atoms with Crippen LogP contribution in [0.15, 0.2) is 10.8 Å². The molecule has 1 aliphatic heterocycles. The zero-order chi connectivity index (χ0) is 12.3. The van der Waals surface area contributed by atoms with Gasteiger partial charge in [0, 0.05) is 16.5 Å². The minimum atomic E-state index is -4.13. The molecule has 0 fully saturated rings. The fourth-order valence-corrected chi connectivity index (χ4v) is 2.60. The number of ether oxygens (including phenoxy) is 2. The number of rotatable bonds is 5. The third-order valence-electron chi connectivity index (χ3n) is 2.20. The van der Waals surface area contributed by atoms with Gasteiger partial charge in [-0.3, -0.25) is 5.32 Å². The normalized spacial score (nSPS) is 18.2. The molecule has 18 heavy (non-hydrogen) atoms. The first kappa shape index (κ1) is 16.2. The van der Waals surface area contributed by atoms with Crippen molar-refractivity contribution < 1.29 is 52.0 Å². The van der Waals surface area contributed by atoms with Crippen LogP contribution in [-0.4, -0.2) is 38.1 Å². The molecular weight excluding hydrogens is 289 g/mol. The van der Waals surface area contributed by atoms with Crippen molar-refractivity contribution in [2.24, 2.45) is 0 Å². The van der Waals surface area contributed by atoms with Crippen molar-refractivity contribution in [3.8, 4) is 11.5 Å². The van der Waals surface area contributed by atoms with Crippen LogP contribution in [-0.2, 0) is 10.1 Å². The molecular formula is C9H12NNaO5S2. The van der Waals surface area contributed by atoms with Crippen LogP contribution in [0.3, 0.4) is 0 Å². The van der Waals surface area contributed by atoms with Crippen LogP contribution in [0, 0.1) is 0 Å². The van der Waals surface area contributed by atoms with Gasteiger partial charge in [0.2, 0.25) is 0 Å². The zero-order valence-corrected chi connectivity index (χ0v) is 13.6. The van der Waals surface area contributed by atoms with Gasteiger partial charge in [0.05, 0.1) is 10.1 Å². The van der Waals surface area contributed by atoms with Gasteiger partial charge >= 0.3 is 29.6 Å². The van der Waals surface area contributed by atoms with E-state index < -0.39 is 10.1 Å². The molecule has 96 valence electrons. The van der Waals surface area contributed by atoms with Crippen molar-refractivity contribution in [2.75, 3.05) is 18.9 Å². The van der Waals surface area contributed by atoms with Crippen molar-refractivity contribution in [3.05, 3.63) is 10.8 Å². The third kappa shape index (κ3) is 5.04. The number of nitrogens with one attached hydrogen (secondary N) is 1. The molecule has 0 amide bonds. The van der Waals surface area contributed by atoms with Crippen LogP contribution in [0.5, 0.6) is 11.5 Å². The predicted octanol–water partition coefficient (Wildman–Crippen LogP) is -2.63. The summed E-state index contributed by atoms with van der Waals surface area (Å²) < 4.78 is 42.1. The molecule has 0 spiro atoms.